The number of nitrogens with zero attached hydrogens (tertiary/aromatic N) is 2. The first-order valence-corrected chi connectivity index (χ1v) is 7.24. The molecule has 1 aromatic rings. The van der Waals surface area contributed by atoms with Gasteiger partial charge in [0.1, 0.15) is 5.82 Å². The van der Waals surface area contributed by atoms with Crippen LogP contribution in [0.1, 0.15) is 44.3 Å². The summed E-state index contributed by atoms with van der Waals surface area (Å²) in [7, 11) is 2.00. The minimum absolute atomic E-state index is 0.263. The van der Waals surface area contributed by atoms with Gasteiger partial charge in [0.15, 0.2) is 0 Å². The van der Waals surface area contributed by atoms with Crippen LogP contribution in [0.2, 0.25) is 0 Å². The Labute approximate surface area is 115 Å². The smallest absolute Gasteiger partial charge is 0.141 e. The van der Waals surface area contributed by atoms with Crippen molar-refractivity contribution in [2.45, 2.75) is 44.7 Å². The van der Waals surface area contributed by atoms with Crippen LogP contribution >= 0.6 is 0 Å². The number of halogens is 1. The molecule has 0 radical (unpaired) electrons. The Hall–Kier alpha value is -1.00. The van der Waals surface area contributed by atoms with Crippen LogP contribution in [0.5, 0.6) is 0 Å². The second kappa shape index (κ2) is 6.96. The van der Waals surface area contributed by atoms with Crippen LogP contribution in [-0.2, 0) is 0 Å². The predicted octanol–water partition coefficient (Wildman–Crippen LogP) is 2.75. The van der Waals surface area contributed by atoms with Gasteiger partial charge in [-0.1, -0.05) is 6.42 Å². The van der Waals surface area contributed by atoms with Gasteiger partial charge in [-0.2, -0.15) is 0 Å². The second-order valence-corrected chi connectivity index (χ2v) is 5.36. The van der Waals surface area contributed by atoms with Crippen molar-refractivity contribution in [3.8, 4) is 0 Å². The SMILES string of the molecule is CNCCC1CCCCN1C(C)c1ccc(F)cn1. The molecule has 0 aromatic carbocycles. The highest BCUT2D eigenvalue weighted by molar-refractivity contribution is 5.10. The number of rotatable bonds is 5. The number of piperidine rings is 1. The van der Waals surface area contributed by atoms with Crippen molar-refractivity contribution in [2.24, 2.45) is 0 Å². The van der Waals surface area contributed by atoms with Crippen LogP contribution in [0, 0.1) is 5.82 Å². The van der Waals surface area contributed by atoms with Crippen LogP contribution in [-0.4, -0.2) is 36.1 Å². The lowest BCUT2D eigenvalue weighted by molar-refractivity contribution is 0.0951. The van der Waals surface area contributed by atoms with Gasteiger partial charge in [-0.25, -0.2) is 4.39 Å². The summed E-state index contributed by atoms with van der Waals surface area (Å²) in [6.07, 6.45) is 6.31. The molecule has 3 nitrogen and oxygen atoms in total. The van der Waals surface area contributed by atoms with E-state index in [0.717, 1.165) is 18.8 Å². The maximum Gasteiger partial charge on any atom is 0.141 e. The average molecular weight is 265 g/mol. The zero-order valence-corrected chi connectivity index (χ0v) is 11.9. The molecule has 0 aliphatic carbocycles. The minimum atomic E-state index is -0.263. The Morgan fingerprint density at radius 3 is 3.00 bits per heavy atom. The van der Waals surface area contributed by atoms with Crippen molar-refractivity contribution in [1.29, 1.82) is 0 Å². The van der Waals surface area contributed by atoms with Crippen molar-refractivity contribution >= 4 is 0 Å². The second-order valence-electron chi connectivity index (χ2n) is 5.36. The fourth-order valence-corrected chi connectivity index (χ4v) is 2.96. The molecule has 0 amide bonds. The molecule has 2 rings (SSSR count). The van der Waals surface area contributed by atoms with Crippen LogP contribution < -0.4 is 5.32 Å². The first-order valence-electron chi connectivity index (χ1n) is 7.24. The summed E-state index contributed by atoms with van der Waals surface area (Å²) < 4.78 is 13.0. The number of pyridine rings is 1. The first-order chi connectivity index (χ1) is 9.22. The quantitative estimate of drug-likeness (QED) is 0.887. The predicted molar refractivity (Wildman–Crippen MR) is 75.5 cm³/mol. The molecule has 106 valence electrons. The molecule has 1 aliphatic rings. The molecule has 2 unspecified atom stereocenters. The monoisotopic (exact) mass is 265 g/mol. The van der Waals surface area contributed by atoms with E-state index < -0.39 is 0 Å². The molecule has 2 heterocycles. The Bertz CT molecular complexity index is 379. The summed E-state index contributed by atoms with van der Waals surface area (Å²) in [6.45, 7) is 4.34. The first kappa shape index (κ1) is 14.4. The maximum atomic E-state index is 13.0. The van der Waals surface area contributed by atoms with E-state index >= 15 is 0 Å². The van der Waals surface area contributed by atoms with Gasteiger partial charge in [0, 0.05) is 12.1 Å². The topological polar surface area (TPSA) is 28.2 Å². The highest BCUT2D eigenvalue weighted by Gasteiger charge is 2.27. The summed E-state index contributed by atoms with van der Waals surface area (Å²) in [5, 5.41) is 3.23. The Kier molecular flexibility index (Phi) is 5.28. The van der Waals surface area contributed by atoms with E-state index in [-0.39, 0.29) is 11.9 Å². The van der Waals surface area contributed by atoms with Crippen LogP contribution in [0.3, 0.4) is 0 Å². The zero-order chi connectivity index (χ0) is 13.7. The van der Waals surface area contributed by atoms with E-state index in [1.807, 2.05) is 13.1 Å². The Morgan fingerprint density at radius 1 is 1.47 bits per heavy atom. The van der Waals surface area contributed by atoms with Crippen LogP contribution in [0.25, 0.3) is 0 Å². The molecule has 1 saturated heterocycles. The summed E-state index contributed by atoms with van der Waals surface area (Å²) >= 11 is 0. The third kappa shape index (κ3) is 3.74. The van der Waals surface area contributed by atoms with Crippen molar-refractivity contribution < 1.29 is 4.39 Å². The van der Waals surface area contributed by atoms with Gasteiger partial charge in [0.05, 0.1) is 11.9 Å². The van der Waals surface area contributed by atoms with Gasteiger partial charge < -0.3 is 5.32 Å². The number of likely N-dealkylation sites (tertiary alicyclic amines) is 1. The zero-order valence-electron chi connectivity index (χ0n) is 11.9. The highest BCUT2D eigenvalue weighted by Crippen LogP contribution is 2.28. The fraction of sp³-hybridized carbons (Fsp3) is 0.667. The van der Waals surface area contributed by atoms with Gasteiger partial charge in [-0.15, -0.1) is 0 Å². The summed E-state index contributed by atoms with van der Waals surface area (Å²) in [6, 6.07) is 4.19. The Balaban J connectivity index is 2.05. The third-order valence-corrected chi connectivity index (χ3v) is 4.08. The van der Waals surface area contributed by atoms with Gasteiger partial charge in [-0.3, -0.25) is 9.88 Å². The van der Waals surface area contributed by atoms with Crippen molar-refractivity contribution in [3.63, 3.8) is 0 Å². The molecular formula is C15H24FN3. The molecule has 2 atom stereocenters. The molecule has 1 fully saturated rings. The fourth-order valence-electron chi connectivity index (χ4n) is 2.96. The number of hydrogen-bond acceptors (Lipinski definition) is 3. The summed E-state index contributed by atoms with van der Waals surface area (Å²) in [5.41, 5.74) is 0.970. The lowest BCUT2D eigenvalue weighted by Crippen LogP contribution is -2.42. The van der Waals surface area contributed by atoms with Crippen molar-refractivity contribution in [3.05, 3.63) is 29.8 Å². The molecule has 1 aliphatic heterocycles. The summed E-state index contributed by atoms with van der Waals surface area (Å²) in [5.74, 6) is -0.263. The lowest BCUT2D eigenvalue weighted by atomic mass is 9.96. The molecule has 0 spiro atoms. The van der Waals surface area contributed by atoms with E-state index in [1.54, 1.807) is 0 Å². The van der Waals surface area contributed by atoms with Gasteiger partial charge in [-0.05, 0) is 58.5 Å². The van der Waals surface area contributed by atoms with E-state index in [4.69, 9.17) is 0 Å². The molecular weight excluding hydrogens is 241 g/mol. The maximum absolute atomic E-state index is 13.0. The van der Waals surface area contributed by atoms with Gasteiger partial charge >= 0.3 is 0 Å². The summed E-state index contributed by atoms with van der Waals surface area (Å²) in [4.78, 5) is 6.76. The van der Waals surface area contributed by atoms with Gasteiger partial charge in [0.2, 0.25) is 0 Å². The highest BCUT2D eigenvalue weighted by atomic mass is 19.1. The molecule has 1 aromatic heterocycles. The molecule has 4 heteroatoms. The number of hydrogen-bond donors (Lipinski definition) is 1. The number of aromatic nitrogens is 1. The van der Waals surface area contributed by atoms with E-state index in [0.29, 0.717) is 6.04 Å². The molecule has 1 N–H and O–H groups in total. The van der Waals surface area contributed by atoms with Gasteiger partial charge in [0.25, 0.3) is 0 Å². The van der Waals surface area contributed by atoms with E-state index in [9.17, 15) is 4.39 Å². The van der Waals surface area contributed by atoms with Crippen molar-refractivity contribution in [1.82, 2.24) is 15.2 Å². The minimum Gasteiger partial charge on any atom is -0.320 e. The number of nitrogens with one attached hydrogen (secondary N) is 1. The standard InChI is InChI=1S/C15H24FN3/c1-12(15-7-6-13(16)11-18-15)19-10-4-3-5-14(19)8-9-17-2/h6-7,11-12,14,17H,3-5,8-10H2,1-2H3. The largest absolute Gasteiger partial charge is 0.320 e. The third-order valence-electron chi connectivity index (χ3n) is 4.08. The average Bonchev–Trinajstić information content (AvgIpc) is 2.45. The molecule has 0 saturated carbocycles. The van der Waals surface area contributed by atoms with Crippen LogP contribution in [0.4, 0.5) is 4.39 Å². The Morgan fingerprint density at radius 2 is 2.32 bits per heavy atom. The molecule has 0 bridgehead atoms. The lowest BCUT2D eigenvalue weighted by Gasteiger charge is -2.39. The van der Waals surface area contributed by atoms with Crippen molar-refractivity contribution in [2.75, 3.05) is 20.1 Å². The normalized spacial score (nSPS) is 22.4. The van der Waals surface area contributed by atoms with E-state index in [1.165, 1.54) is 37.9 Å². The van der Waals surface area contributed by atoms with Crippen LogP contribution in [0.15, 0.2) is 18.3 Å². The molecule has 19 heavy (non-hydrogen) atoms. The van der Waals surface area contributed by atoms with E-state index in [2.05, 4.69) is 22.1 Å².